The minimum atomic E-state index is 0.543. The van der Waals surface area contributed by atoms with Crippen molar-refractivity contribution in [2.24, 2.45) is 0 Å². The molecule has 1 rings (SSSR count). The molecule has 0 radical (unpaired) electrons. The van der Waals surface area contributed by atoms with E-state index in [1.165, 1.54) is 17.8 Å². The highest BCUT2D eigenvalue weighted by Gasteiger charge is 2.10. The van der Waals surface area contributed by atoms with Crippen molar-refractivity contribution in [3.05, 3.63) is 16.6 Å². The molecule has 1 aromatic rings. The molecule has 17 heavy (non-hydrogen) atoms. The predicted octanol–water partition coefficient (Wildman–Crippen LogP) is 2.87. The maximum Gasteiger partial charge on any atom is 0.0940 e. The standard InChI is InChI=1S/C13H24N2OS/c1-3-7-14-12(6-5-9-16-4-2)11-13-15-8-10-17-13/h8,10,12,14H,3-7,9,11H2,1-2H3. The lowest BCUT2D eigenvalue weighted by Gasteiger charge is -2.17. The van der Waals surface area contributed by atoms with Crippen molar-refractivity contribution < 1.29 is 4.74 Å². The maximum absolute atomic E-state index is 5.38. The Hall–Kier alpha value is -0.450. The van der Waals surface area contributed by atoms with Crippen LogP contribution in [0.15, 0.2) is 11.6 Å². The van der Waals surface area contributed by atoms with Crippen LogP contribution in [-0.4, -0.2) is 30.8 Å². The monoisotopic (exact) mass is 256 g/mol. The van der Waals surface area contributed by atoms with Crippen molar-refractivity contribution in [2.75, 3.05) is 19.8 Å². The van der Waals surface area contributed by atoms with Gasteiger partial charge in [-0.1, -0.05) is 6.92 Å². The van der Waals surface area contributed by atoms with Crippen molar-refractivity contribution in [1.29, 1.82) is 0 Å². The largest absolute Gasteiger partial charge is 0.382 e. The molecule has 1 unspecified atom stereocenters. The van der Waals surface area contributed by atoms with E-state index >= 15 is 0 Å². The number of ether oxygens (including phenoxy) is 1. The van der Waals surface area contributed by atoms with Gasteiger partial charge in [-0.2, -0.15) is 0 Å². The Kier molecular flexibility index (Phi) is 8.22. The van der Waals surface area contributed by atoms with Gasteiger partial charge in [-0.05, 0) is 32.7 Å². The molecule has 0 aliphatic rings. The molecule has 98 valence electrons. The van der Waals surface area contributed by atoms with Crippen LogP contribution in [0.25, 0.3) is 0 Å². The summed E-state index contributed by atoms with van der Waals surface area (Å²) in [6.07, 6.45) is 6.40. The van der Waals surface area contributed by atoms with Gasteiger partial charge in [0, 0.05) is 37.3 Å². The highest BCUT2D eigenvalue weighted by Crippen LogP contribution is 2.10. The second-order valence-electron chi connectivity index (χ2n) is 4.12. The van der Waals surface area contributed by atoms with Crippen molar-refractivity contribution in [1.82, 2.24) is 10.3 Å². The molecular formula is C13H24N2OS. The zero-order valence-corrected chi connectivity index (χ0v) is 11.8. The molecule has 0 saturated heterocycles. The lowest BCUT2D eigenvalue weighted by Crippen LogP contribution is -2.32. The molecule has 1 heterocycles. The van der Waals surface area contributed by atoms with Crippen LogP contribution in [0.2, 0.25) is 0 Å². The molecule has 1 atom stereocenters. The van der Waals surface area contributed by atoms with Crippen LogP contribution < -0.4 is 5.32 Å². The van der Waals surface area contributed by atoms with Crippen LogP contribution in [0.1, 0.15) is 38.1 Å². The average molecular weight is 256 g/mol. The van der Waals surface area contributed by atoms with Gasteiger partial charge in [-0.3, -0.25) is 0 Å². The zero-order valence-electron chi connectivity index (χ0n) is 10.9. The molecule has 0 fully saturated rings. The Morgan fingerprint density at radius 2 is 2.35 bits per heavy atom. The van der Waals surface area contributed by atoms with E-state index in [4.69, 9.17) is 4.74 Å². The van der Waals surface area contributed by atoms with Crippen LogP contribution in [-0.2, 0) is 11.2 Å². The molecule has 0 aliphatic carbocycles. The van der Waals surface area contributed by atoms with E-state index < -0.39 is 0 Å². The van der Waals surface area contributed by atoms with E-state index in [2.05, 4.69) is 17.2 Å². The third-order valence-electron chi connectivity index (χ3n) is 2.63. The molecule has 1 aromatic heterocycles. The summed E-state index contributed by atoms with van der Waals surface area (Å²) in [6.45, 7) is 7.03. The number of nitrogens with zero attached hydrogens (tertiary/aromatic N) is 1. The lowest BCUT2D eigenvalue weighted by molar-refractivity contribution is 0.140. The minimum absolute atomic E-state index is 0.543. The van der Waals surface area contributed by atoms with E-state index in [1.807, 2.05) is 18.5 Å². The first-order valence-electron chi connectivity index (χ1n) is 6.56. The second-order valence-corrected chi connectivity index (χ2v) is 5.10. The Labute approximate surface area is 109 Å². The Morgan fingerprint density at radius 1 is 1.47 bits per heavy atom. The maximum atomic E-state index is 5.38. The third kappa shape index (κ3) is 6.76. The van der Waals surface area contributed by atoms with Gasteiger partial charge >= 0.3 is 0 Å². The fourth-order valence-corrected chi connectivity index (χ4v) is 2.46. The molecule has 0 amide bonds. The molecule has 0 aromatic carbocycles. The van der Waals surface area contributed by atoms with E-state index in [0.29, 0.717) is 6.04 Å². The van der Waals surface area contributed by atoms with Crippen LogP contribution in [0, 0.1) is 0 Å². The van der Waals surface area contributed by atoms with Crippen LogP contribution in [0.4, 0.5) is 0 Å². The number of hydrogen-bond donors (Lipinski definition) is 1. The number of aromatic nitrogens is 1. The number of nitrogens with one attached hydrogen (secondary N) is 1. The van der Waals surface area contributed by atoms with Crippen LogP contribution in [0.3, 0.4) is 0 Å². The Balaban J connectivity index is 2.26. The first kappa shape index (κ1) is 14.6. The summed E-state index contributed by atoms with van der Waals surface area (Å²) in [5.41, 5.74) is 0. The predicted molar refractivity (Wildman–Crippen MR) is 73.6 cm³/mol. The SMILES string of the molecule is CCCNC(CCCOCC)Cc1nccs1. The normalized spacial score (nSPS) is 12.8. The minimum Gasteiger partial charge on any atom is -0.382 e. The van der Waals surface area contributed by atoms with Gasteiger partial charge in [0.1, 0.15) is 0 Å². The molecule has 1 N–H and O–H groups in total. The molecule has 4 heteroatoms. The number of hydrogen-bond acceptors (Lipinski definition) is 4. The van der Waals surface area contributed by atoms with E-state index in [1.54, 1.807) is 11.3 Å². The molecular weight excluding hydrogens is 232 g/mol. The highest BCUT2D eigenvalue weighted by atomic mass is 32.1. The van der Waals surface area contributed by atoms with Gasteiger partial charge < -0.3 is 10.1 Å². The first-order chi connectivity index (χ1) is 8.36. The summed E-state index contributed by atoms with van der Waals surface area (Å²) >= 11 is 1.75. The van der Waals surface area contributed by atoms with E-state index in [9.17, 15) is 0 Å². The summed E-state index contributed by atoms with van der Waals surface area (Å²) in [4.78, 5) is 4.36. The summed E-state index contributed by atoms with van der Waals surface area (Å²) in [5, 5.41) is 6.88. The summed E-state index contributed by atoms with van der Waals surface area (Å²) < 4.78 is 5.38. The first-order valence-corrected chi connectivity index (χ1v) is 7.44. The van der Waals surface area contributed by atoms with Gasteiger partial charge in [-0.25, -0.2) is 4.98 Å². The summed E-state index contributed by atoms with van der Waals surface area (Å²) in [5.74, 6) is 0. The number of thiazole rings is 1. The van der Waals surface area contributed by atoms with Crippen LogP contribution in [0.5, 0.6) is 0 Å². The number of rotatable bonds is 10. The van der Waals surface area contributed by atoms with Gasteiger partial charge in [0.15, 0.2) is 0 Å². The van der Waals surface area contributed by atoms with E-state index in [0.717, 1.165) is 32.6 Å². The topological polar surface area (TPSA) is 34.1 Å². The smallest absolute Gasteiger partial charge is 0.0940 e. The summed E-state index contributed by atoms with van der Waals surface area (Å²) in [6, 6.07) is 0.543. The second kappa shape index (κ2) is 9.57. The summed E-state index contributed by atoms with van der Waals surface area (Å²) in [7, 11) is 0. The average Bonchev–Trinajstić information content (AvgIpc) is 2.84. The van der Waals surface area contributed by atoms with Crippen molar-refractivity contribution in [2.45, 2.75) is 45.6 Å². The molecule has 0 bridgehead atoms. The molecule has 0 spiro atoms. The lowest BCUT2D eigenvalue weighted by atomic mass is 10.1. The van der Waals surface area contributed by atoms with Gasteiger partial charge in [0.25, 0.3) is 0 Å². The molecule has 3 nitrogen and oxygen atoms in total. The highest BCUT2D eigenvalue weighted by molar-refractivity contribution is 7.09. The third-order valence-corrected chi connectivity index (χ3v) is 3.43. The Bertz CT molecular complexity index is 264. The zero-order chi connectivity index (χ0) is 12.3. The van der Waals surface area contributed by atoms with Gasteiger partial charge in [-0.15, -0.1) is 11.3 Å². The fraction of sp³-hybridized carbons (Fsp3) is 0.769. The quantitative estimate of drug-likeness (QED) is 0.654. The van der Waals surface area contributed by atoms with E-state index in [-0.39, 0.29) is 0 Å². The molecule has 0 saturated carbocycles. The van der Waals surface area contributed by atoms with Gasteiger partial charge in [0.05, 0.1) is 5.01 Å². The Morgan fingerprint density at radius 3 is 3.00 bits per heavy atom. The fourth-order valence-electron chi connectivity index (χ4n) is 1.77. The molecule has 0 aliphatic heterocycles. The van der Waals surface area contributed by atoms with Crippen molar-refractivity contribution in [3.63, 3.8) is 0 Å². The van der Waals surface area contributed by atoms with Crippen molar-refractivity contribution in [3.8, 4) is 0 Å². The van der Waals surface area contributed by atoms with Gasteiger partial charge in [0.2, 0.25) is 0 Å². The van der Waals surface area contributed by atoms with Crippen molar-refractivity contribution >= 4 is 11.3 Å². The van der Waals surface area contributed by atoms with Crippen LogP contribution >= 0.6 is 11.3 Å².